The topological polar surface area (TPSA) is 154 Å². The fourth-order valence-electron chi connectivity index (χ4n) is 2.10. The lowest BCUT2D eigenvalue weighted by molar-refractivity contribution is -0.134. The average molecular weight is 391 g/mol. The Labute approximate surface area is 163 Å². The van der Waals surface area contributed by atoms with Gasteiger partial charge < -0.3 is 30.9 Å². The number of aliphatic carboxylic acids is 1. The monoisotopic (exact) mass is 391 g/mol. The second-order valence-electron chi connectivity index (χ2n) is 5.63. The first-order valence-electron chi connectivity index (χ1n) is 8.30. The van der Waals surface area contributed by atoms with E-state index in [9.17, 15) is 4.79 Å². The zero-order valence-corrected chi connectivity index (χ0v) is 16.1. The second-order valence-corrected chi connectivity index (χ2v) is 5.63. The zero-order chi connectivity index (χ0) is 21.1. The van der Waals surface area contributed by atoms with Gasteiger partial charge in [-0.3, -0.25) is 9.59 Å². The molecule has 0 unspecified atom stereocenters. The van der Waals surface area contributed by atoms with E-state index in [4.69, 9.17) is 30.8 Å². The Bertz CT molecular complexity index is 778. The van der Waals surface area contributed by atoms with E-state index in [1.54, 1.807) is 49.7 Å². The Morgan fingerprint density at radius 3 is 2.36 bits per heavy atom. The summed E-state index contributed by atoms with van der Waals surface area (Å²) in [5, 5.41) is 7.42. The van der Waals surface area contributed by atoms with Crippen molar-refractivity contribution in [3.8, 4) is 11.5 Å². The van der Waals surface area contributed by atoms with Crippen LogP contribution < -0.4 is 20.9 Å². The molecular formula is C18H25N5O5. The van der Waals surface area contributed by atoms with Gasteiger partial charge in [-0.15, -0.1) is 0 Å². The highest BCUT2D eigenvalue weighted by molar-refractivity contribution is 5.94. The number of hydrogen-bond acceptors (Lipinski definition) is 8. The van der Waals surface area contributed by atoms with Crippen LogP contribution in [0.1, 0.15) is 22.8 Å². The molecule has 10 heteroatoms. The van der Waals surface area contributed by atoms with Crippen molar-refractivity contribution in [3.63, 3.8) is 0 Å². The lowest BCUT2D eigenvalue weighted by atomic mass is 10.1. The highest BCUT2D eigenvalue weighted by atomic mass is 16.5. The molecule has 2 rings (SSSR count). The maximum atomic E-state index is 12.6. The molecule has 5 N–H and O–H groups in total. The minimum Gasteiger partial charge on any atom is -0.493 e. The fourth-order valence-corrected chi connectivity index (χ4v) is 2.10. The molecule has 0 saturated heterocycles. The van der Waals surface area contributed by atoms with Crippen LogP contribution in [0.4, 0.5) is 5.95 Å². The number of aromatic nitrogens is 2. The van der Waals surface area contributed by atoms with Crippen LogP contribution in [0.3, 0.4) is 0 Å². The van der Waals surface area contributed by atoms with Gasteiger partial charge in [-0.05, 0) is 18.2 Å². The van der Waals surface area contributed by atoms with Gasteiger partial charge in [-0.1, -0.05) is 0 Å². The number of ether oxygens (including phenoxy) is 2. The fraction of sp³-hybridized carbons (Fsp3) is 0.333. The van der Waals surface area contributed by atoms with E-state index in [1.807, 2.05) is 0 Å². The minimum atomic E-state index is -0.833. The van der Waals surface area contributed by atoms with Gasteiger partial charge in [0.2, 0.25) is 5.95 Å². The number of hydrogen-bond donors (Lipinski definition) is 3. The van der Waals surface area contributed by atoms with E-state index in [0.29, 0.717) is 36.8 Å². The number of amides is 1. The van der Waals surface area contributed by atoms with E-state index in [-0.39, 0.29) is 11.9 Å². The molecule has 28 heavy (non-hydrogen) atoms. The number of nitrogens with two attached hydrogens (primary N) is 2. The second kappa shape index (κ2) is 11.3. The summed E-state index contributed by atoms with van der Waals surface area (Å²) in [6.45, 7) is 2.16. The van der Waals surface area contributed by atoms with E-state index in [2.05, 4.69) is 9.97 Å². The Morgan fingerprint density at radius 1 is 1.21 bits per heavy atom. The number of anilines is 1. The minimum absolute atomic E-state index is 0.160. The lowest BCUT2D eigenvalue weighted by Crippen LogP contribution is -2.26. The predicted molar refractivity (Wildman–Crippen MR) is 103 cm³/mol. The van der Waals surface area contributed by atoms with Crippen molar-refractivity contribution < 1.29 is 24.2 Å². The Hall–Kier alpha value is -3.40. The third-order valence-electron chi connectivity index (χ3n) is 3.28. The summed E-state index contributed by atoms with van der Waals surface area (Å²) in [6.07, 6.45) is 3.19. The highest BCUT2D eigenvalue weighted by Crippen LogP contribution is 2.28. The first-order valence-corrected chi connectivity index (χ1v) is 8.30. The molecule has 0 aliphatic rings. The Balaban J connectivity index is 0.000000892. The third-order valence-corrected chi connectivity index (χ3v) is 3.28. The molecular weight excluding hydrogens is 366 g/mol. The molecule has 1 aromatic heterocycles. The Kier molecular flexibility index (Phi) is 9.17. The largest absolute Gasteiger partial charge is 0.493 e. The number of benzene rings is 1. The first kappa shape index (κ1) is 22.6. The molecule has 10 nitrogen and oxygen atoms in total. The average Bonchev–Trinajstić information content (AvgIpc) is 2.66. The predicted octanol–water partition coefficient (Wildman–Crippen LogP) is 0.768. The standard InChI is InChI=1S/C16H21N5O3.C2H4O2/c1-21(10-11-8-19-16(18)20-9-11)15(22)12-3-4-13(23-2)14(7-12)24-6-5-17;1-2(3)4/h3-4,7-9H,5-6,10,17H2,1-2H3,(H2,18,19,20);1H3,(H,3,4). The van der Waals surface area contributed by atoms with Gasteiger partial charge >= 0.3 is 0 Å². The molecule has 0 aliphatic carbocycles. The van der Waals surface area contributed by atoms with Crippen molar-refractivity contribution in [2.75, 3.05) is 33.0 Å². The third kappa shape index (κ3) is 7.46. The van der Waals surface area contributed by atoms with Gasteiger partial charge in [-0.25, -0.2) is 9.97 Å². The number of carboxylic acids is 1. The maximum Gasteiger partial charge on any atom is 0.300 e. The summed E-state index contributed by atoms with van der Waals surface area (Å²) >= 11 is 0. The van der Waals surface area contributed by atoms with Gasteiger partial charge in [0.25, 0.3) is 11.9 Å². The molecule has 1 aromatic carbocycles. The molecule has 0 atom stereocenters. The van der Waals surface area contributed by atoms with Crippen LogP contribution in [-0.4, -0.2) is 59.2 Å². The first-order chi connectivity index (χ1) is 13.3. The maximum absolute atomic E-state index is 12.6. The summed E-state index contributed by atoms with van der Waals surface area (Å²) in [5.74, 6) is 0.240. The van der Waals surface area contributed by atoms with Crippen LogP contribution in [0.2, 0.25) is 0 Å². The summed E-state index contributed by atoms with van der Waals surface area (Å²) in [4.78, 5) is 31.0. The van der Waals surface area contributed by atoms with Gasteiger partial charge in [-0.2, -0.15) is 0 Å². The highest BCUT2D eigenvalue weighted by Gasteiger charge is 2.15. The molecule has 0 saturated carbocycles. The van der Waals surface area contributed by atoms with Gasteiger partial charge in [0.15, 0.2) is 11.5 Å². The summed E-state index contributed by atoms with van der Waals surface area (Å²) < 4.78 is 10.7. The van der Waals surface area contributed by atoms with E-state index >= 15 is 0 Å². The number of methoxy groups -OCH3 is 1. The number of carboxylic acid groups (broad SMARTS) is 1. The smallest absolute Gasteiger partial charge is 0.300 e. The number of nitrogens with zero attached hydrogens (tertiary/aromatic N) is 3. The van der Waals surface area contributed by atoms with Crippen molar-refractivity contribution >= 4 is 17.8 Å². The van der Waals surface area contributed by atoms with Crippen LogP contribution >= 0.6 is 0 Å². The molecule has 0 aliphatic heterocycles. The molecule has 0 radical (unpaired) electrons. The number of nitrogen functional groups attached to an aromatic ring is 1. The zero-order valence-electron chi connectivity index (χ0n) is 16.1. The number of carbonyl (C=O) groups excluding carboxylic acids is 1. The van der Waals surface area contributed by atoms with Crippen molar-refractivity contribution in [1.29, 1.82) is 0 Å². The van der Waals surface area contributed by atoms with Crippen molar-refractivity contribution in [1.82, 2.24) is 14.9 Å². The van der Waals surface area contributed by atoms with Gasteiger partial charge in [0, 0.05) is 50.6 Å². The molecule has 1 heterocycles. The van der Waals surface area contributed by atoms with E-state index in [1.165, 1.54) is 0 Å². The van der Waals surface area contributed by atoms with Crippen molar-refractivity contribution in [2.24, 2.45) is 5.73 Å². The molecule has 1 amide bonds. The SMILES string of the molecule is CC(=O)O.COc1ccc(C(=O)N(C)Cc2cnc(N)nc2)cc1OCCN. The molecule has 0 spiro atoms. The molecule has 152 valence electrons. The Morgan fingerprint density at radius 2 is 1.82 bits per heavy atom. The summed E-state index contributed by atoms with van der Waals surface area (Å²) in [6, 6.07) is 5.03. The quantitative estimate of drug-likeness (QED) is 0.620. The van der Waals surface area contributed by atoms with E-state index in [0.717, 1.165) is 12.5 Å². The van der Waals surface area contributed by atoms with E-state index < -0.39 is 5.97 Å². The number of rotatable bonds is 7. The lowest BCUT2D eigenvalue weighted by Gasteiger charge is -2.18. The summed E-state index contributed by atoms with van der Waals surface area (Å²) in [5.41, 5.74) is 12.2. The summed E-state index contributed by atoms with van der Waals surface area (Å²) in [7, 11) is 3.24. The van der Waals surface area contributed by atoms with Crippen LogP contribution in [0, 0.1) is 0 Å². The number of carbonyl (C=O) groups is 2. The van der Waals surface area contributed by atoms with Crippen LogP contribution in [0.5, 0.6) is 11.5 Å². The van der Waals surface area contributed by atoms with Crippen molar-refractivity contribution in [2.45, 2.75) is 13.5 Å². The van der Waals surface area contributed by atoms with Gasteiger partial charge in [0.05, 0.1) is 7.11 Å². The van der Waals surface area contributed by atoms with Crippen LogP contribution in [-0.2, 0) is 11.3 Å². The van der Waals surface area contributed by atoms with Gasteiger partial charge in [0.1, 0.15) is 6.61 Å². The molecule has 0 bridgehead atoms. The molecule has 2 aromatic rings. The molecule has 0 fully saturated rings. The van der Waals surface area contributed by atoms with Crippen molar-refractivity contribution in [3.05, 3.63) is 41.7 Å². The van der Waals surface area contributed by atoms with Crippen LogP contribution in [0.25, 0.3) is 0 Å². The normalized spacial score (nSPS) is 9.71. The van der Waals surface area contributed by atoms with Crippen LogP contribution in [0.15, 0.2) is 30.6 Å².